The predicted molar refractivity (Wildman–Crippen MR) is 78.1 cm³/mol. The molecule has 2 heterocycles. The van der Waals surface area contributed by atoms with Gasteiger partial charge in [0.1, 0.15) is 24.3 Å². The van der Waals surface area contributed by atoms with Gasteiger partial charge in [-0.2, -0.15) is 0 Å². The van der Waals surface area contributed by atoms with Gasteiger partial charge in [0.2, 0.25) is 0 Å². The lowest BCUT2D eigenvalue weighted by molar-refractivity contribution is -0.138. The molecule has 8 heteroatoms. The first-order valence-corrected chi connectivity index (χ1v) is 7.35. The molecule has 1 aromatic carbocycles. The molecule has 6 nitrogen and oxygen atoms in total. The summed E-state index contributed by atoms with van der Waals surface area (Å²) >= 11 is 7.47. The summed E-state index contributed by atoms with van der Waals surface area (Å²) in [7, 11) is 0. The predicted octanol–water partition coefficient (Wildman–Crippen LogP) is 2.32. The van der Waals surface area contributed by atoms with Gasteiger partial charge in [0.25, 0.3) is 0 Å². The largest absolute Gasteiger partial charge is 0.486 e. The molecule has 3 N–H and O–H groups in total. The van der Waals surface area contributed by atoms with E-state index in [0.29, 0.717) is 40.4 Å². The number of carbonyl (C=O) groups is 1. The standard InChI is InChI=1S/C13H11ClN2O4S/c14-7-3-6(4-9-11(7)20-2-1-19-9)12-16-8(5-21-12)10(15)13(17)18/h3-5,10H,1-2,15H2,(H,17,18). The highest BCUT2D eigenvalue weighted by Gasteiger charge is 2.21. The van der Waals surface area contributed by atoms with Crippen LogP contribution in [0.3, 0.4) is 0 Å². The van der Waals surface area contributed by atoms with Crippen LogP contribution in [-0.4, -0.2) is 29.3 Å². The number of halogens is 1. The second-order valence-corrected chi connectivity index (χ2v) is 5.64. The first-order valence-electron chi connectivity index (χ1n) is 6.09. The summed E-state index contributed by atoms with van der Waals surface area (Å²) in [5.41, 5.74) is 6.59. The normalized spacial score (nSPS) is 14.8. The zero-order valence-electron chi connectivity index (χ0n) is 10.7. The fourth-order valence-corrected chi connectivity index (χ4v) is 3.03. The summed E-state index contributed by atoms with van der Waals surface area (Å²) < 4.78 is 11.0. The van der Waals surface area contributed by atoms with Crippen LogP contribution in [0.2, 0.25) is 5.02 Å². The van der Waals surface area contributed by atoms with Crippen LogP contribution in [0.25, 0.3) is 10.6 Å². The molecule has 3 rings (SSSR count). The molecule has 1 aliphatic rings. The lowest BCUT2D eigenvalue weighted by atomic mass is 10.2. The van der Waals surface area contributed by atoms with Gasteiger partial charge < -0.3 is 20.3 Å². The number of aliphatic carboxylic acids is 1. The quantitative estimate of drug-likeness (QED) is 0.898. The third-order valence-corrected chi connectivity index (χ3v) is 4.14. The molecular weight excluding hydrogens is 316 g/mol. The van der Waals surface area contributed by atoms with Crippen molar-refractivity contribution in [2.24, 2.45) is 5.73 Å². The van der Waals surface area contributed by atoms with Gasteiger partial charge in [-0.15, -0.1) is 11.3 Å². The third-order valence-electron chi connectivity index (χ3n) is 2.95. The Bertz CT molecular complexity index is 703. The topological polar surface area (TPSA) is 94.7 Å². The Kier molecular flexibility index (Phi) is 3.71. The number of thiazole rings is 1. The third kappa shape index (κ3) is 2.67. The van der Waals surface area contributed by atoms with Crippen LogP contribution < -0.4 is 15.2 Å². The summed E-state index contributed by atoms with van der Waals surface area (Å²) in [6.07, 6.45) is 0. The molecule has 1 aliphatic heterocycles. The van der Waals surface area contributed by atoms with Crippen molar-refractivity contribution in [1.29, 1.82) is 0 Å². The van der Waals surface area contributed by atoms with Crippen LogP contribution in [0.1, 0.15) is 11.7 Å². The Morgan fingerprint density at radius 3 is 2.95 bits per heavy atom. The smallest absolute Gasteiger partial charge is 0.326 e. The Morgan fingerprint density at radius 2 is 2.19 bits per heavy atom. The molecule has 1 atom stereocenters. The summed E-state index contributed by atoms with van der Waals surface area (Å²) in [6, 6.07) is 2.35. The Balaban J connectivity index is 1.97. The van der Waals surface area contributed by atoms with E-state index in [0.717, 1.165) is 5.56 Å². The summed E-state index contributed by atoms with van der Waals surface area (Å²) in [6.45, 7) is 0.917. The number of carboxylic acids is 1. The summed E-state index contributed by atoms with van der Waals surface area (Å²) in [5, 5.41) is 11.6. The minimum absolute atomic E-state index is 0.313. The van der Waals surface area contributed by atoms with Gasteiger partial charge in [-0.3, -0.25) is 4.79 Å². The summed E-state index contributed by atoms with van der Waals surface area (Å²) in [4.78, 5) is 15.1. The number of nitrogens with two attached hydrogens (primary N) is 1. The highest BCUT2D eigenvalue weighted by molar-refractivity contribution is 7.13. The van der Waals surface area contributed by atoms with Crippen molar-refractivity contribution < 1.29 is 19.4 Å². The number of benzene rings is 1. The van der Waals surface area contributed by atoms with E-state index in [4.69, 9.17) is 31.9 Å². The minimum Gasteiger partial charge on any atom is -0.486 e. The lowest BCUT2D eigenvalue weighted by Gasteiger charge is -2.19. The molecule has 2 aromatic rings. The van der Waals surface area contributed by atoms with Crippen LogP contribution >= 0.6 is 22.9 Å². The fraction of sp³-hybridized carbons (Fsp3) is 0.231. The van der Waals surface area contributed by atoms with Gasteiger partial charge in [0.05, 0.1) is 10.7 Å². The molecule has 0 spiro atoms. The maximum absolute atomic E-state index is 10.9. The van der Waals surface area contributed by atoms with E-state index in [2.05, 4.69) is 4.98 Å². The van der Waals surface area contributed by atoms with Crippen molar-refractivity contribution in [3.05, 3.63) is 28.2 Å². The van der Waals surface area contributed by atoms with Crippen LogP contribution in [-0.2, 0) is 4.79 Å². The van der Waals surface area contributed by atoms with E-state index in [9.17, 15) is 4.79 Å². The molecule has 0 saturated heterocycles. The molecule has 110 valence electrons. The fourth-order valence-electron chi connectivity index (χ4n) is 1.92. The average Bonchev–Trinajstić information content (AvgIpc) is 2.96. The van der Waals surface area contributed by atoms with Gasteiger partial charge in [0.15, 0.2) is 11.5 Å². The van der Waals surface area contributed by atoms with Crippen molar-refractivity contribution in [1.82, 2.24) is 4.98 Å². The van der Waals surface area contributed by atoms with Crippen LogP contribution in [0.5, 0.6) is 11.5 Å². The lowest BCUT2D eigenvalue weighted by Crippen LogP contribution is -2.20. The Hall–Kier alpha value is -1.83. The van der Waals surface area contributed by atoms with Crippen molar-refractivity contribution in [2.45, 2.75) is 6.04 Å². The van der Waals surface area contributed by atoms with Gasteiger partial charge in [-0.25, -0.2) is 4.98 Å². The maximum atomic E-state index is 10.9. The number of aromatic nitrogens is 1. The molecule has 0 saturated carbocycles. The SMILES string of the molecule is NC(C(=O)O)c1csc(-c2cc(Cl)c3c(c2)OCCO3)n1. The molecule has 1 unspecified atom stereocenters. The zero-order chi connectivity index (χ0) is 15.0. The van der Waals surface area contributed by atoms with E-state index in [1.165, 1.54) is 11.3 Å². The monoisotopic (exact) mass is 326 g/mol. The van der Waals surface area contributed by atoms with Crippen LogP contribution in [0, 0.1) is 0 Å². The van der Waals surface area contributed by atoms with Gasteiger partial charge in [0, 0.05) is 10.9 Å². The van der Waals surface area contributed by atoms with Crippen molar-refractivity contribution >= 4 is 28.9 Å². The zero-order valence-corrected chi connectivity index (χ0v) is 12.3. The molecule has 1 aromatic heterocycles. The second-order valence-electron chi connectivity index (χ2n) is 4.38. The highest BCUT2D eigenvalue weighted by Crippen LogP contribution is 2.41. The second kappa shape index (κ2) is 5.51. The number of hydrogen-bond acceptors (Lipinski definition) is 6. The summed E-state index contributed by atoms with van der Waals surface area (Å²) in [5.74, 6) is -0.0410. The number of carboxylic acid groups (broad SMARTS) is 1. The van der Waals surface area contributed by atoms with Gasteiger partial charge in [-0.1, -0.05) is 11.6 Å². The first-order chi connectivity index (χ1) is 10.1. The maximum Gasteiger partial charge on any atom is 0.326 e. The van der Waals surface area contributed by atoms with E-state index < -0.39 is 12.0 Å². The molecule has 0 amide bonds. The highest BCUT2D eigenvalue weighted by atomic mass is 35.5. The number of nitrogens with zero attached hydrogens (tertiary/aromatic N) is 1. The first kappa shape index (κ1) is 14.1. The number of fused-ring (bicyclic) bond motifs is 1. The van der Waals surface area contributed by atoms with E-state index in [1.807, 2.05) is 0 Å². The number of ether oxygens (including phenoxy) is 2. The average molecular weight is 327 g/mol. The van der Waals surface area contributed by atoms with Crippen LogP contribution in [0.4, 0.5) is 0 Å². The number of rotatable bonds is 3. The molecule has 0 aliphatic carbocycles. The van der Waals surface area contributed by atoms with E-state index in [-0.39, 0.29) is 0 Å². The molecule has 21 heavy (non-hydrogen) atoms. The van der Waals surface area contributed by atoms with Gasteiger partial charge >= 0.3 is 5.97 Å². The molecule has 0 fully saturated rings. The molecule has 0 bridgehead atoms. The Morgan fingerprint density at radius 1 is 1.43 bits per heavy atom. The molecule has 0 radical (unpaired) electrons. The van der Waals surface area contributed by atoms with E-state index in [1.54, 1.807) is 17.5 Å². The van der Waals surface area contributed by atoms with Gasteiger partial charge in [-0.05, 0) is 12.1 Å². The Labute approximate surface area is 129 Å². The van der Waals surface area contributed by atoms with E-state index >= 15 is 0 Å². The van der Waals surface area contributed by atoms with Crippen LogP contribution in [0.15, 0.2) is 17.5 Å². The van der Waals surface area contributed by atoms with Crippen molar-refractivity contribution in [3.8, 4) is 22.1 Å². The van der Waals surface area contributed by atoms with Crippen molar-refractivity contribution in [3.63, 3.8) is 0 Å². The number of hydrogen-bond donors (Lipinski definition) is 2. The van der Waals surface area contributed by atoms with Crippen molar-refractivity contribution in [2.75, 3.05) is 13.2 Å². The minimum atomic E-state index is -1.14. The molecular formula is C13H11ClN2O4S.